The first-order valence-corrected chi connectivity index (χ1v) is 22.8. The zero-order valence-corrected chi connectivity index (χ0v) is 37.7. The fourth-order valence-corrected chi connectivity index (χ4v) is 9.41. The molecule has 5 rings (SSSR count). The topological polar surface area (TPSA) is 129 Å². The molecule has 11 nitrogen and oxygen atoms in total. The number of allylic oxidation sites excluding steroid dienone is 7. The van der Waals surface area contributed by atoms with Gasteiger partial charge in [0, 0.05) is 82.4 Å². The Bertz CT molecular complexity index is 2150. The van der Waals surface area contributed by atoms with Crippen LogP contribution in [-0.4, -0.2) is 76.8 Å². The minimum absolute atomic E-state index is 0.300. The molecule has 0 fully saturated rings. The normalized spacial score (nSPS) is 18.9. The number of fused-ring (bicyclic) bond motifs is 2. The first-order chi connectivity index (χ1) is 27.2. The highest BCUT2D eigenvalue weighted by atomic mass is 35.5. The van der Waals surface area contributed by atoms with Gasteiger partial charge in [0.2, 0.25) is 5.69 Å². The second-order valence-corrected chi connectivity index (χ2v) is 20.1. The maximum Gasteiger partial charge on any atom is 0.414 e. The molecule has 0 unspecified atom stereocenters. The molecule has 1 aliphatic carbocycles. The minimum atomic E-state index is -4.06. The molecule has 2 heterocycles. The van der Waals surface area contributed by atoms with Gasteiger partial charge in [0.25, 0.3) is 10.1 Å². The van der Waals surface area contributed by atoms with E-state index in [1.54, 1.807) is 11.9 Å². The Balaban J connectivity index is 1.57. The number of halogens is 2. The second kappa shape index (κ2) is 18.6. The van der Waals surface area contributed by atoms with Gasteiger partial charge >= 0.3 is 6.09 Å². The number of nitrogens with zero attached hydrogens (tertiary/aromatic N) is 3. The third-order valence-electron chi connectivity index (χ3n) is 10.8. The first kappa shape index (κ1) is 45.9. The molecule has 0 spiro atoms. The fourth-order valence-electron chi connectivity index (χ4n) is 8.07. The number of anilines is 1. The molecule has 58 heavy (non-hydrogen) atoms. The van der Waals surface area contributed by atoms with Crippen LogP contribution < -0.4 is 4.90 Å². The van der Waals surface area contributed by atoms with E-state index in [0.717, 1.165) is 82.2 Å². The third-order valence-corrected chi connectivity index (χ3v) is 12.7. The van der Waals surface area contributed by atoms with Crippen LogP contribution in [0.15, 0.2) is 83.2 Å². The summed E-state index contributed by atoms with van der Waals surface area (Å²) in [7, 11) is -2.31. The standard InChI is InChI=1S/C43H55Cl2N3O8S2/c1-41(2,3)54-40(49)46(8)39-29(15-21-37-42(4,5)33-27-31(44)17-19-35(33)47(37)23-9-11-25-57-56-55-50)13-14-30(39)16-22-38-43(6,7)34-28-32(45)18-20-36(34)48(38)24-10-12-26-58(51,52)53/h15-22,27-28H,9-14,23-26H2,1-8H3,(H-,50,51,52,53)/p+1. The third kappa shape index (κ3) is 10.8. The maximum atomic E-state index is 13.7. The summed E-state index contributed by atoms with van der Waals surface area (Å²) >= 11 is 14.1. The summed E-state index contributed by atoms with van der Waals surface area (Å²) in [4.78, 5) is 17.7. The van der Waals surface area contributed by atoms with Crippen LogP contribution in [0, 0.1) is 0 Å². The van der Waals surface area contributed by atoms with Gasteiger partial charge in [-0.3, -0.25) is 9.45 Å². The van der Waals surface area contributed by atoms with Crippen LogP contribution in [-0.2, 0) is 35.1 Å². The van der Waals surface area contributed by atoms with Gasteiger partial charge in [0.15, 0.2) is 5.71 Å². The SMILES string of the molecule is CN(C(=O)OC(C)(C)C)C1=C(/C=C/C2=[N+](CCCCS(=O)(=O)O)c3ccc(Cl)cc3C2(C)C)CC/C1=C\C=C1\N(CCCCSOOO)c2ccc(Cl)cc2C1(C)C. The number of rotatable bonds is 16. The second-order valence-electron chi connectivity index (χ2n) is 16.9. The zero-order chi connectivity index (χ0) is 42.6. The molecule has 3 aliphatic rings. The van der Waals surface area contributed by atoms with Gasteiger partial charge in [-0.1, -0.05) is 54.2 Å². The average Bonchev–Trinajstić information content (AvgIpc) is 3.69. The van der Waals surface area contributed by atoms with Gasteiger partial charge in [-0.25, -0.2) is 10.1 Å². The Kier molecular flexibility index (Phi) is 14.8. The molecule has 1 amide bonds. The number of amides is 1. The van der Waals surface area contributed by atoms with Gasteiger partial charge in [0.1, 0.15) is 12.1 Å². The number of likely N-dealkylation sites (N-methyl/N-ethyl adjacent to an activating group) is 1. The van der Waals surface area contributed by atoms with Gasteiger partial charge in [-0.05, 0) is 120 Å². The van der Waals surface area contributed by atoms with Gasteiger partial charge in [0.05, 0.1) is 16.9 Å². The quantitative estimate of drug-likeness (QED) is 0.0420. The van der Waals surface area contributed by atoms with Crippen LogP contribution in [0.1, 0.15) is 98.1 Å². The van der Waals surface area contributed by atoms with E-state index in [0.29, 0.717) is 48.0 Å². The van der Waals surface area contributed by atoms with Crippen molar-refractivity contribution in [2.24, 2.45) is 0 Å². The van der Waals surface area contributed by atoms with Crippen molar-refractivity contribution in [3.8, 4) is 0 Å². The lowest BCUT2D eigenvalue weighted by atomic mass is 9.81. The van der Waals surface area contributed by atoms with Crippen molar-refractivity contribution < 1.29 is 41.7 Å². The van der Waals surface area contributed by atoms with Crippen molar-refractivity contribution in [3.63, 3.8) is 0 Å². The molecule has 0 bridgehead atoms. The van der Waals surface area contributed by atoms with Gasteiger partial charge in [-0.2, -0.15) is 13.0 Å². The number of hydrogen-bond donors (Lipinski definition) is 2. The van der Waals surface area contributed by atoms with Crippen molar-refractivity contribution in [2.45, 2.75) is 103 Å². The molecule has 0 aromatic heterocycles. The lowest BCUT2D eigenvalue weighted by Gasteiger charge is -2.28. The Morgan fingerprint density at radius 2 is 1.66 bits per heavy atom. The summed E-state index contributed by atoms with van der Waals surface area (Å²) in [5.41, 5.74) is 7.66. The number of ether oxygens (including phenoxy) is 1. The van der Waals surface area contributed by atoms with Crippen molar-refractivity contribution in [3.05, 3.63) is 104 Å². The van der Waals surface area contributed by atoms with Crippen molar-refractivity contribution >= 4 is 68.5 Å². The van der Waals surface area contributed by atoms with Crippen LogP contribution in [0.25, 0.3) is 0 Å². The molecule has 15 heteroatoms. The summed E-state index contributed by atoms with van der Waals surface area (Å²) in [6, 6.07) is 11.8. The van der Waals surface area contributed by atoms with Gasteiger partial charge in [-0.15, -0.1) is 4.33 Å². The summed E-state index contributed by atoms with van der Waals surface area (Å²) in [5, 5.41) is 13.5. The van der Waals surface area contributed by atoms with E-state index < -0.39 is 27.2 Å². The Morgan fingerprint density at radius 3 is 2.33 bits per heavy atom. The summed E-state index contributed by atoms with van der Waals surface area (Å²) < 4.78 is 44.9. The number of benzene rings is 2. The monoisotopic (exact) mass is 876 g/mol. The van der Waals surface area contributed by atoms with E-state index in [4.69, 9.17) is 33.2 Å². The lowest BCUT2D eigenvalue weighted by Crippen LogP contribution is -2.34. The molecule has 2 aliphatic heterocycles. The number of carbonyl (C=O) groups excluding carboxylic acids is 1. The predicted octanol–water partition coefficient (Wildman–Crippen LogP) is 11.0. The highest BCUT2D eigenvalue weighted by molar-refractivity contribution is 7.94. The van der Waals surface area contributed by atoms with Crippen molar-refractivity contribution in [2.75, 3.05) is 36.5 Å². The van der Waals surface area contributed by atoms with Crippen LogP contribution in [0.3, 0.4) is 0 Å². The highest BCUT2D eigenvalue weighted by Crippen LogP contribution is 2.49. The Hall–Kier alpha value is -3.14. The molecule has 2 N–H and O–H groups in total. The predicted molar refractivity (Wildman–Crippen MR) is 234 cm³/mol. The highest BCUT2D eigenvalue weighted by Gasteiger charge is 2.45. The van der Waals surface area contributed by atoms with Gasteiger partial charge < -0.3 is 9.64 Å². The fraction of sp³-hybridized carbons (Fsp3) is 0.488. The molecule has 316 valence electrons. The Morgan fingerprint density at radius 1 is 0.966 bits per heavy atom. The largest absolute Gasteiger partial charge is 0.443 e. The molecule has 0 radical (unpaired) electrons. The van der Waals surface area contributed by atoms with E-state index in [-0.39, 0.29) is 11.2 Å². The van der Waals surface area contributed by atoms with E-state index in [9.17, 15) is 17.8 Å². The molecule has 0 atom stereocenters. The van der Waals surface area contributed by atoms with Crippen LogP contribution in [0.4, 0.5) is 16.2 Å². The van der Waals surface area contributed by atoms with Crippen molar-refractivity contribution in [1.82, 2.24) is 4.90 Å². The lowest BCUT2D eigenvalue weighted by molar-refractivity contribution is -0.438. The van der Waals surface area contributed by atoms with Crippen LogP contribution in [0.2, 0.25) is 10.0 Å². The average molecular weight is 878 g/mol. The van der Waals surface area contributed by atoms with Crippen molar-refractivity contribution in [1.29, 1.82) is 0 Å². The molecule has 0 saturated carbocycles. The summed E-state index contributed by atoms with van der Waals surface area (Å²) in [6.07, 6.45) is 12.0. The maximum absolute atomic E-state index is 13.7. The van der Waals surface area contributed by atoms with Crippen LogP contribution in [0.5, 0.6) is 0 Å². The molecule has 2 aromatic carbocycles. The number of hydrogen-bond acceptors (Lipinski definition) is 9. The zero-order valence-electron chi connectivity index (χ0n) is 34.6. The molecule has 0 saturated heterocycles. The van der Waals surface area contributed by atoms with Crippen LogP contribution >= 0.6 is 35.2 Å². The van der Waals surface area contributed by atoms with E-state index in [1.165, 1.54) is 0 Å². The molecule has 2 aromatic rings. The van der Waals surface area contributed by atoms with E-state index in [1.807, 2.05) is 51.1 Å². The number of unbranched alkanes of at least 4 members (excludes halogenated alkanes) is 2. The minimum Gasteiger partial charge on any atom is -0.443 e. The van der Waals surface area contributed by atoms with E-state index in [2.05, 4.69) is 76.9 Å². The Labute approximate surface area is 357 Å². The summed E-state index contributed by atoms with van der Waals surface area (Å²) in [5.74, 6) is 0.351. The first-order valence-electron chi connectivity index (χ1n) is 19.5. The molecular weight excluding hydrogens is 822 g/mol. The number of carbonyl (C=O) groups is 1. The summed E-state index contributed by atoms with van der Waals surface area (Å²) in [6.45, 7) is 15.5. The van der Waals surface area contributed by atoms with E-state index >= 15 is 0 Å². The molecular formula is C43H56Cl2N3O8S2+. The smallest absolute Gasteiger partial charge is 0.414 e.